The van der Waals surface area contributed by atoms with Gasteiger partial charge in [0.05, 0.1) is 0 Å². The molecule has 72 valence electrons. The molecule has 0 aromatic carbocycles. The number of hydrogen-bond donors (Lipinski definition) is 2. The second-order valence-corrected chi connectivity index (χ2v) is 1.83. The summed E-state index contributed by atoms with van der Waals surface area (Å²) in [6, 6.07) is 0. The van der Waals surface area contributed by atoms with Crippen LogP contribution >= 0.6 is 0 Å². The van der Waals surface area contributed by atoms with Crippen molar-refractivity contribution in [2.24, 2.45) is 0 Å². The van der Waals surface area contributed by atoms with Gasteiger partial charge in [0, 0.05) is 6.42 Å². The molecule has 0 saturated carbocycles. The van der Waals surface area contributed by atoms with Gasteiger partial charge in [-0.3, -0.25) is 0 Å². The van der Waals surface area contributed by atoms with E-state index in [0.29, 0.717) is 6.26 Å². The van der Waals surface area contributed by atoms with Gasteiger partial charge in [-0.15, -0.1) is 6.58 Å². The first kappa shape index (κ1) is 11.0. The fraction of sp³-hybridized carbons (Fsp3) is 0.143. The van der Waals surface area contributed by atoms with E-state index in [-0.39, 0.29) is 12.2 Å². The summed E-state index contributed by atoms with van der Waals surface area (Å²) in [5.41, 5.74) is 0. The van der Waals surface area contributed by atoms with Crippen LogP contribution < -0.4 is 0 Å². The van der Waals surface area contributed by atoms with Crippen LogP contribution in [0.4, 0.5) is 9.59 Å². The molecule has 0 atom stereocenters. The maximum Gasteiger partial charge on any atom is 0.511 e. The Bertz CT molecular complexity index is 241. The zero-order valence-electron chi connectivity index (χ0n) is 6.60. The lowest BCUT2D eigenvalue weighted by molar-refractivity contribution is 0.104. The van der Waals surface area contributed by atoms with Gasteiger partial charge in [0.1, 0.15) is 6.26 Å². The lowest BCUT2D eigenvalue weighted by Crippen LogP contribution is -2.02. The second kappa shape index (κ2) is 5.64. The van der Waals surface area contributed by atoms with Crippen molar-refractivity contribution in [3.63, 3.8) is 0 Å². The van der Waals surface area contributed by atoms with Gasteiger partial charge < -0.3 is 19.7 Å². The second-order valence-electron chi connectivity index (χ2n) is 1.83. The lowest BCUT2D eigenvalue weighted by Gasteiger charge is -2.01. The normalized spacial score (nSPS) is 10.3. The van der Waals surface area contributed by atoms with E-state index in [2.05, 4.69) is 16.1 Å². The third-order valence-electron chi connectivity index (χ3n) is 0.855. The van der Waals surface area contributed by atoms with Crippen molar-refractivity contribution in [3.8, 4) is 0 Å². The van der Waals surface area contributed by atoms with Crippen molar-refractivity contribution in [3.05, 3.63) is 24.7 Å². The summed E-state index contributed by atoms with van der Waals surface area (Å²) in [5.74, 6) is -0.148. The summed E-state index contributed by atoms with van der Waals surface area (Å²) in [4.78, 5) is 19.9. The Morgan fingerprint density at radius 1 is 1.31 bits per heavy atom. The van der Waals surface area contributed by atoms with Gasteiger partial charge in [-0.25, -0.2) is 9.59 Å². The van der Waals surface area contributed by atoms with Gasteiger partial charge in [-0.1, -0.05) is 6.08 Å². The van der Waals surface area contributed by atoms with Gasteiger partial charge in [-0.2, -0.15) is 0 Å². The van der Waals surface area contributed by atoms with E-state index in [1.54, 1.807) is 0 Å². The molecule has 0 bridgehead atoms. The maximum atomic E-state index is 10.0. The van der Waals surface area contributed by atoms with Crippen LogP contribution in [0.15, 0.2) is 24.7 Å². The average molecular weight is 188 g/mol. The molecular weight excluding hydrogens is 180 g/mol. The van der Waals surface area contributed by atoms with Gasteiger partial charge in [0.25, 0.3) is 0 Å². The van der Waals surface area contributed by atoms with E-state index in [1.807, 2.05) is 0 Å². The highest BCUT2D eigenvalue weighted by atomic mass is 16.7. The number of rotatable bonds is 4. The first-order valence-electron chi connectivity index (χ1n) is 3.16. The highest BCUT2D eigenvalue weighted by molar-refractivity contribution is 5.59. The smallest absolute Gasteiger partial charge is 0.449 e. The topological polar surface area (TPSA) is 93.1 Å². The molecule has 6 heteroatoms. The van der Waals surface area contributed by atoms with Crippen molar-refractivity contribution in [1.82, 2.24) is 0 Å². The summed E-state index contributed by atoms with van der Waals surface area (Å²) in [6.45, 7) is 3.32. The molecular formula is C7H8O6. The van der Waals surface area contributed by atoms with Crippen LogP contribution in [0.3, 0.4) is 0 Å². The Balaban J connectivity index is 4.21. The number of ether oxygens (including phenoxy) is 2. The predicted octanol–water partition coefficient (Wildman–Crippen LogP) is 1.79. The van der Waals surface area contributed by atoms with Crippen LogP contribution in [0.5, 0.6) is 0 Å². The van der Waals surface area contributed by atoms with Gasteiger partial charge >= 0.3 is 12.3 Å². The first-order chi connectivity index (χ1) is 6.06. The van der Waals surface area contributed by atoms with E-state index in [1.165, 1.54) is 6.08 Å². The minimum atomic E-state index is -1.55. The Morgan fingerprint density at radius 2 is 1.92 bits per heavy atom. The molecule has 0 rings (SSSR count). The fourth-order valence-electron chi connectivity index (χ4n) is 0.484. The fourth-order valence-corrected chi connectivity index (χ4v) is 0.484. The first-order valence-corrected chi connectivity index (χ1v) is 3.16. The van der Waals surface area contributed by atoms with Crippen LogP contribution in [0, 0.1) is 0 Å². The third kappa shape index (κ3) is 6.42. The van der Waals surface area contributed by atoms with Crippen LogP contribution in [0.2, 0.25) is 0 Å². The molecule has 0 aliphatic heterocycles. The molecule has 0 amide bonds. The van der Waals surface area contributed by atoms with Crippen molar-refractivity contribution < 1.29 is 29.3 Å². The summed E-state index contributed by atoms with van der Waals surface area (Å²) in [6.07, 6.45) is -0.977. The van der Waals surface area contributed by atoms with Crippen molar-refractivity contribution >= 4 is 12.3 Å². The van der Waals surface area contributed by atoms with Crippen LogP contribution in [-0.4, -0.2) is 22.5 Å². The summed E-state index contributed by atoms with van der Waals surface area (Å²) in [7, 11) is 0. The van der Waals surface area contributed by atoms with Crippen LogP contribution in [0.25, 0.3) is 0 Å². The molecule has 0 aromatic heterocycles. The monoisotopic (exact) mass is 188 g/mol. The largest absolute Gasteiger partial charge is 0.511 e. The van der Waals surface area contributed by atoms with E-state index in [0.717, 1.165) is 0 Å². The molecule has 0 unspecified atom stereocenters. The molecule has 0 heterocycles. The molecule has 0 saturated heterocycles. The number of hydrogen-bond acceptors (Lipinski definition) is 4. The zero-order valence-corrected chi connectivity index (χ0v) is 6.60. The molecule has 2 N–H and O–H groups in total. The van der Waals surface area contributed by atoms with E-state index >= 15 is 0 Å². The molecule has 6 nitrogen and oxygen atoms in total. The molecule has 0 aromatic rings. The summed E-state index contributed by atoms with van der Waals surface area (Å²) in [5, 5.41) is 16.2. The van der Waals surface area contributed by atoms with Crippen molar-refractivity contribution in [2.75, 3.05) is 0 Å². The summed E-state index contributed by atoms with van der Waals surface area (Å²) < 4.78 is 8.14. The van der Waals surface area contributed by atoms with Gasteiger partial charge in [-0.05, 0) is 0 Å². The van der Waals surface area contributed by atoms with Crippen molar-refractivity contribution in [2.45, 2.75) is 6.42 Å². The number of carbonyl (C=O) groups is 2. The SMILES string of the molecule is C=CC/C(=C\OC(=O)O)OC(=O)O. The predicted molar refractivity (Wildman–Crippen MR) is 41.1 cm³/mol. The van der Waals surface area contributed by atoms with Gasteiger partial charge in [0.15, 0.2) is 5.76 Å². The average Bonchev–Trinajstić information content (AvgIpc) is 1.99. The van der Waals surface area contributed by atoms with Crippen LogP contribution in [0.1, 0.15) is 6.42 Å². The van der Waals surface area contributed by atoms with Gasteiger partial charge in [0.2, 0.25) is 0 Å². The zero-order chi connectivity index (χ0) is 10.3. The Morgan fingerprint density at radius 3 is 2.31 bits per heavy atom. The summed E-state index contributed by atoms with van der Waals surface area (Å²) >= 11 is 0. The number of carboxylic acid groups (broad SMARTS) is 2. The van der Waals surface area contributed by atoms with E-state index in [9.17, 15) is 9.59 Å². The Labute approximate surface area is 73.7 Å². The highest BCUT2D eigenvalue weighted by Gasteiger charge is 2.04. The lowest BCUT2D eigenvalue weighted by atomic mass is 10.4. The molecule has 0 aliphatic carbocycles. The maximum absolute atomic E-state index is 10.0. The molecule has 13 heavy (non-hydrogen) atoms. The van der Waals surface area contributed by atoms with Crippen molar-refractivity contribution in [1.29, 1.82) is 0 Å². The van der Waals surface area contributed by atoms with Crippen LogP contribution in [-0.2, 0) is 9.47 Å². The standard InChI is InChI=1S/C7H8O6/c1-2-3-5(13-7(10)11)4-12-6(8)9/h2,4H,1,3H2,(H,8,9)(H,10,11)/b5-4+. The molecule has 0 fully saturated rings. The highest BCUT2D eigenvalue weighted by Crippen LogP contribution is 2.04. The number of allylic oxidation sites excluding steroid dienone is 1. The quantitative estimate of drug-likeness (QED) is 0.397. The minimum absolute atomic E-state index is 0.0690. The van der Waals surface area contributed by atoms with E-state index < -0.39 is 12.3 Å². The third-order valence-corrected chi connectivity index (χ3v) is 0.855. The minimum Gasteiger partial charge on any atom is -0.449 e. The molecule has 0 spiro atoms. The Kier molecular flexibility index (Phi) is 4.78. The Hall–Kier alpha value is -1.98. The molecule has 0 aliphatic rings. The van der Waals surface area contributed by atoms with E-state index in [4.69, 9.17) is 10.2 Å². The molecule has 0 radical (unpaired) electrons.